The Bertz CT molecular complexity index is 669. The van der Waals surface area contributed by atoms with Crippen LogP contribution in [0.15, 0.2) is 66.8 Å². The third-order valence-corrected chi connectivity index (χ3v) is 3.25. The highest BCUT2D eigenvalue weighted by Gasteiger charge is 2.14. The quantitative estimate of drug-likeness (QED) is 0.359. The lowest BCUT2D eigenvalue weighted by atomic mass is 10.0. The molecular weight excluding hydrogens is 286 g/mol. The van der Waals surface area contributed by atoms with Crippen molar-refractivity contribution in [1.82, 2.24) is 0 Å². The van der Waals surface area contributed by atoms with E-state index < -0.39 is 0 Å². The van der Waals surface area contributed by atoms with Gasteiger partial charge in [-0.1, -0.05) is 62.1 Å². The van der Waals surface area contributed by atoms with Gasteiger partial charge >= 0.3 is 0 Å². The van der Waals surface area contributed by atoms with Crippen molar-refractivity contribution in [2.75, 3.05) is 0 Å². The molecule has 0 radical (unpaired) electrons. The maximum absolute atomic E-state index is 11.0. The maximum Gasteiger partial charge on any atom is 0.275 e. The summed E-state index contributed by atoms with van der Waals surface area (Å²) in [6.07, 6.45) is 16.6. The first-order valence-corrected chi connectivity index (χ1v) is 7.59. The molecule has 0 aliphatic rings. The number of allylic oxidation sites excluding steroid dienone is 8. The topological polar surface area (TPSA) is 43.1 Å². The standard InChI is InChI=1S/C20H23NO2/c1-5-7-11-18(10-6-2)12-8-9-13-19-14-16(3)20(21(22)23)17(4)15-19/h5,7-15H,1,6H2,2-4H3/b11-7-,12-8+,13-9+,18-10+. The molecule has 0 spiro atoms. The smallest absolute Gasteiger partial charge is 0.258 e. The molecule has 120 valence electrons. The Kier molecular flexibility index (Phi) is 7.48. The van der Waals surface area contributed by atoms with Gasteiger partial charge in [-0.3, -0.25) is 10.1 Å². The predicted octanol–water partition coefficient (Wildman–Crippen LogP) is 5.86. The van der Waals surface area contributed by atoms with Crippen LogP contribution < -0.4 is 0 Å². The number of benzene rings is 1. The van der Waals surface area contributed by atoms with Crippen molar-refractivity contribution >= 4 is 11.8 Å². The Morgan fingerprint density at radius 2 is 1.78 bits per heavy atom. The predicted molar refractivity (Wildman–Crippen MR) is 98.5 cm³/mol. The Hall–Kier alpha value is -2.68. The van der Waals surface area contributed by atoms with E-state index in [2.05, 4.69) is 19.6 Å². The number of nitro groups is 1. The van der Waals surface area contributed by atoms with E-state index in [0.717, 1.165) is 17.6 Å². The van der Waals surface area contributed by atoms with Gasteiger partial charge in [-0.05, 0) is 43.5 Å². The lowest BCUT2D eigenvalue weighted by Gasteiger charge is -2.03. The Labute approximate surface area is 138 Å². The van der Waals surface area contributed by atoms with Crippen molar-refractivity contribution in [1.29, 1.82) is 0 Å². The third kappa shape index (κ3) is 5.91. The highest BCUT2D eigenvalue weighted by atomic mass is 16.6. The summed E-state index contributed by atoms with van der Waals surface area (Å²) in [7, 11) is 0. The molecular formula is C20H23NO2. The Morgan fingerprint density at radius 1 is 1.17 bits per heavy atom. The SMILES string of the molecule is C=C\C=C/C(/C=C/C=C/c1cc(C)c([N+](=O)[O-])c(C)c1)=C\CC. The lowest BCUT2D eigenvalue weighted by Crippen LogP contribution is -1.95. The number of aryl methyl sites for hydroxylation is 2. The highest BCUT2D eigenvalue weighted by molar-refractivity contribution is 5.59. The van der Waals surface area contributed by atoms with Crippen molar-refractivity contribution in [3.05, 3.63) is 93.6 Å². The average Bonchev–Trinajstić information content (AvgIpc) is 2.47. The van der Waals surface area contributed by atoms with E-state index in [0.29, 0.717) is 11.1 Å². The molecule has 0 saturated heterocycles. The molecule has 1 aromatic rings. The van der Waals surface area contributed by atoms with Gasteiger partial charge in [0, 0.05) is 11.1 Å². The molecule has 0 N–H and O–H groups in total. The molecule has 0 fully saturated rings. The first-order valence-electron chi connectivity index (χ1n) is 7.59. The molecule has 0 heterocycles. The van der Waals surface area contributed by atoms with Gasteiger partial charge in [-0.15, -0.1) is 0 Å². The van der Waals surface area contributed by atoms with Gasteiger partial charge in [0.05, 0.1) is 4.92 Å². The van der Waals surface area contributed by atoms with Gasteiger partial charge in [-0.25, -0.2) is 0 Å². The monoisotopic (exact) mass is 309 g/mol. The molecule has 0 unspecified atom stereocenters. The highest BCUT2D eigenvalue weighted by Crippen LogP contribution is 2.24. The molecule has 1 aromatic carbocycles. The second-order valence-corrected chi connectivity index (χ2v) is 5.19. The van der Waals surface area contributed by atoms with Gasteiger partial charge in [0.15, 0.2) is 0 Å². The zero-order valence-electron chi connectivity index (χ0n) is 14.0. The van der Waals surface area contributed by atoms with Crippen LogP contribution in [0.4, 0.5) is 5.69 Å². The first kappa shape index (κ1) is 18.4. The molecule has 0 bridgehead atoms. The summed E-state index contributed by atoms with van der Waals surface area (Å²) in [5.41, 5.74) is 3.63. The third-order valence-electron chi connectivity index (χ3n) is 3.25. The summed E-state index contributed by atoms with van der Waals surface area (Å²) in [6.45, 7) is 9.28. The van der Waals surface area contributed by atoms with Crippen LogP contribution in [0.5, 0.6) is 0 Å². The molecule has 0 saturated carbocycles. The average molecular weight is 309 g/mol. The van der Waals surface area contributed by atoms with Crippen LogP contribution in [0.2, 0.25) is 0 Å². The Morgan fingerprint density at radius 3 is 2.30 bits per heavy atom. The number of nitrogens with zero attached hydrogens (tertiary/aromatic N) is 1. The van der Waals surface area contributed by atoms with Gasteiger partial charge in [0.2, 0.25) is 0 Å². The summed E-state index contributed by atoms with van der Waals surface area (Å²) in [4.78, 5) is 10.7. The summed E-state index contributed by atoms with van der Waals surface area (Å²) < 4.78 is 0. The molecule has 0 aliphatic carbocycles. The van der Waals surface area contributed by atoms with E-state index in [9.17, 15) is 10.1 Å². The van der Waals surface area contributed by atoms with E-state index in [1.54, 1.807) is 19.9 Å². The van der Waals surface area contributed by atoms with Crippen LogP contribution in [0.25, 0.3) is 6.08 Å². The van der Waals surface area contributed by atoms with E-state index in [4.69, 9.17) is 0 Å². The van der Waals surface area contributed by atoms with Crippen molar-refractivity contribution < 1.29 is 4.92 Å². The van der Waals surface area contributed by atoms with Crippen molar-refractivity contribution in [2.24, 2.45) is 0 Å². The second kappa shape index (κ2) is 9.36. The number of rotatable bonds is 7. The number of nitro benzene ring substituents is 1. The van der Waals surface area contributed by atoms with E-state index in [1.165, 1.54) is 0 Å². The van der Waals surface area contributed by atoms with Crippen molar-refractivity contribution in [3.8, 4) is 0 Å². The molecule has 0 aromatic heterocycles. The zero-order valence-corrected chi connectivity index (χ0v) is 14.0. The molecule has 23 heavy (non-hydrogen) atoms. The van der Waals surface area contributed by atoms with Gasteiger partial charge in [-0.2, -0.15) is 0 Å². The molecule has 3 heteroatoms. The molecule has 0 atom stereocenters. The lowest BCUT2D eigenvalue weighted by molar-refractivity contribution is -0.386. The van der Waals surface area contributed by atoms with Crippen molar-refractivity contribution in [2.45, 2.75) is 27.2 Å². The van der Waals surface area contributed by atoms with Gasteiger partial charge < -0.3 is 0 Å². The summed E-state index contributed by atoms with van der Waals surface area (Å²) in [6, 6.07) is 3.66. The molecule has 0 aliphatic heterocycles. The molecule has 0 amide bonds. The van der Waals surface area contributed by atoms with Gasteiger partial charge in [0.25, 0.3) is 5.69 Å². The fourth-order valence-corrected chi connectivity index (χ4v) is 2.31. The number of hydrogen-bond acceptors (Lipinski definition) is 2. The summed E-state index contributed by atoms with van der Waals surface area (Å²) >= 11 is 0. The van der Waals surface area contributed by atoms with Crippen LogP contribution >= 0.6 is 0 Å². The van der Waals surface area contributed by atoms with E-state index in [-0.39, 0.29) is 10.6 Å². The molecule has 3 nitrogen and oxygen atoms in total. The summed E-state index contributed by atoms with van der Waals surface area (Å²) in [5.74, 6) is 0. The van der Waals surface area contributed by atoms with E-state index >= 15 is 0 Å². The normalized spacial score (nSPS) is 12.6. The second-order valence-electron chi connectivity index (χ2n) is 5.19. The minimum Gasteiger partial charge on any atom is -0.258 e. The van der Waals surface area contributed by atoms with E-state index in [1.807, 2.05) is 48.6 Å². The fourth-order valence-electron chi connectivity index (χ4n) is 2.31. The largest absolute Gasteiger partial charge is 0.275 e. The van der Waals surface area contributed by atoms with Gasteiger partial charge in [0.1, 0.15) is 0 Å². The minimum atomic E-state index is -0.328. The first-order chi connectivity index (χ1) is 11.0. The van der Waals surface area contributed by atoms with Crippen molar-refractivity contribution in [3.63, 3.8) is 0 Å². The van der Waals surface area contributed by atoms with Crippen LogP contribution in [-0.4, -0.2) is 4.92 Å². The minimum absolute atomic E-state index is 0.195. The van der Waals surface area contributed by atoms with Crippen LogP contribution in [0.1, 0.15) is 30.0 Å². The van der Waals surface area contributed by atoms with Crippen LogP contribution in [0.3, 0.4) is 0 Å². The number of hydrogen-bond donors (Lipinski definition) is 0. The summed E-state index contributed by atoms with van der Waals surface area (Å²) in [5, 5.41) is 11.0. The fraction of sp³-hybridized carbons (Fsp3) is 0.200. The molecule has 1 rings (SSSR count). The van der Waals surface area contributed by atoms with Crippen LogP contribution in [-0.2, 0) is 0 Å². The Balaban J connectivity index is 2.91. The zero-order chi connectivity index (χ0) is 17.2. The maximum atomic E-state index is 11.0. The van der Waals surface area contributed by atoms with Crippen LogP contribution in [0, 0.1) is 24.0 Å².